The van der Waals surface area contributed by atoms with Gasteiger partial charge in [0.2, 0.25) is 11.8 Å². The second-order valence-corrected chi connectivity index (χ2v) is 11.2. The standard InChI is InChI=1S/C31H34N6O7.2ClH/c1-34(2)9-11-36-28(41)19-6-7-20-26-25(19)21(30(36)43)14-22(27(26)31(44)37(29(20)42)12-10-35(3)4)32-15-24(40)33-18-5-8-23(39)17(13-18)16-38;;/h5-8,13-14,38-39,42H,9-12,15-16H2,1-4H3,(H,33,40);2*1H. The van der Waals surface area contributed by atoms with Crippen LogP contribution in [0.2, 0.25) is 0 Å². The van der Waals surface area contributed by atoms with E-state index >= 15 is 0 Å². The molecule has 3 aromatic rings. The highest BCUT2D eigenvalue weighted by Gasteiger charge is 2.26. The first-order chi connectivity index (χ1) is 20.9. The number of aliphatic hydroxyl groups is 1. The highest BCUT2D eigenvalue weighted by molar-refractivity contribution is 6.15. The second-order valence-electron chi connectivity index (χ2n) is 11.2. The van der Waals surface area contributed by atoms with Gasteiger partial charge >= 0.3 is 0 Å². The SMILES string of the molecule is CN(C)CCn1c(O)c2ccc3c4c2c(c(=NCC(=O)Nc2ccc(O)c(CO)c2)cc-4c(=O)n(CCN(C)C)c3=O)c1=O.Cl.Cl. The van der Waals surface area contributed by atoms with Crippen molar-refractivity contribution in [1.82, 2.24) is 18.9 Å². The Labute approximate surface area is 275 Å². The molecule has 0 atom stereocenters. The Hall–Kier alpha value is -4.27. The molecule has 4 N–H and O–H groups in total. The van der Waals surface area contributed by atoms with E-state index in [4.69, 9.17) is 0 Å². The third kappa shape index (κ3) is 6.64. The highest BCUT2D eigenvalue weighted by atomic mass is 35.5. The van der Waals surface area contributed by atoms with Crippen LogP contribution in [-0.2, 0) is 24.5 Å². The van der Waals surface area contributed by atoms with Gasteiger partial charge in [-0.15, -0.1) is 24.8 Å². The van der Waals surface area contributed by atoms with Crippen LogP contribution in [0.1, 0.15) is 5.56 Å². The molecule has 1 amide bonds. The van der Waals surface area contributed by atoms with Crippen LogP contribution in [0, 0.1) is 0 Å². The molecule has 0 saturated carbocycles. The van der Waals surface area contributed by atoms with E-state index in [0.717, 1.165) is 4.57 Å². The molecule has 1 aliphatic carbocycles. The van der Waals surface area contributed by atoms with Crippen molar-refractivity contribution < 1.29 is 20.1 Å². The smallest absolute Gasteiger partial charge is 0.263 e. The maximum absolute atomic E-state index is 14.0. The summed E-state index contributed by atoms with van der Waals surface area (Å²) in [6, 6.07) is 8.79. The molecule has 2 aliphatic rings. The van der Waals surface area contributed by atoms with Crippen LogP contribution in [-0.4, -0.2) is 88.0 Å². The predicted octanol–water partition coefficient (Wildman–Crippen LogP) is 1.07. The number of aromatic nitrogens is 2. The fraction of sp³-hybridized carbons (Fsp3) is 0.323. The van der Waals surface area contributed by atoms with E-state index in [-0.39, 0.29) is 93.1 Å². The van der Waals surface area contributed by atoms with Crippen molar-refractivity contribution in [1.29, 1.82) is 0 Å². The number of hydrogen-bond donors (Lipinski definition) is 4. The van der Waals surface area contributed by atoms with Crippen molar-refractivity contribution in [2.45, 2.75) is 19.7 Å². The lowest BCUT2D eigenvalue weighted by Crippen LogP contribution is -2.39. The zero-order chi connectivity index (χ0) is 31.9. The lowest BCUT2D eigenvalue weighted by molar-refractivity contribution is -0.114. The molecule has 0 spiro atoms. The van der Waals surface area contributed by atoms with Gasteiger partial charge in [-0.1, -0.05) is 0 Å². The van der Waals surface area contributed by atoms with Crippen LogP contribution >= 0.6 is 24.8 Å². The number of pyridine rings is 2. The Morgan fingerprint density at radius 2 is 1.46 bits per heavy atom. The van der Waals surface area contributed by atoms with Gasteiger partial charge in [-0.3, -0.25) is 33.3 Å². The number of aliphatic hydroxyl groups excluding tert-OH is 1. The largest absolute Gasteiger partial charge is 0.508 e. The molecule has 0 bridgehead atoms. The molecular weight excluding hydrogens is 639 g/mol. The number of amides is 1. The fourth-order valence-corrected chi connectivity index (χ4v) is 5.34. The summed E-state index contributed by atoms with van der Waals surface area (Å²) < 4.78 is 2.37. The summed E-state index contributed by atoms with van der Waals surface area (Å²) >= 11 is 0. The van der Waals surface area contributed by atoms with E-state index in [0.29, 0.717) is 18.8 Å². The summed E-state index contributed by atoms with van der Waals surface area (Å²) in [7, 11) is 7.33. The van der Waals surface area contributed by atoms with Crippen molar-refractivity contribution in [3.8, 4) is 22.8 Å². The van der Waals surface area contributed by atoms with Gasteiger partial charge in [-0.25, -0.2) is 0 Å². The summed E-state index contributed by atoms with van der Waals surface area (Å²) in [5.41, 5.74) is -0.658. The first kappa shape index (κ1) is 36.2. The Kier molecular flexibility index (Phi) is 11.4. The molecule has 1 aliphatic heterocycles. The molecule has 5 rings (SSSR count). The Bertz CT molecular complexity index is 2100. The first-order valence-corrected chi connectivity index (χ1v) is 14.0. The molecule has 15 heteroatoms. The summed E-state index contributed by atoms with van der Waals surface area (Å²) in [6.07, 6.45) is 0. The predicted molar refractivity (Wildman–Crippen MR) is 182 cm³/mol. The van der Waals surface area contributed by atoms with Gasteiger partial charge in [0.25, 0.3) is 16.7 Å². The average Bonchev–Trinajstić information content (AvgIpc) is 2.98. The van der Waals surface area contributed by atoms with Crippen LogP contribution in [0.3, 0.4) is 0 Å². The van der Waals surface area contributed by atoms with Crippen molar-refractivity contribution >= 4 is 58.0 Å². The number of nitrogens with one attached hydrogen (secondary N) is 1. The number of halogens is 2. The summed E-state index contributed by atoms with van der Waals surface area (Å²) in [5.74, 6) is -0.959. The van der Waals surface area contributed by atoms with Crippen molar-refractivity contribution in [3.05, 3.63) is 78.4 Å². The number of likely N-dealkylation sites (N-methyl/N-ethyl adjacent to an activating group) is 2. The zero-order valence-corrected chi connectivity index (χ0v) is 27.4. The normalized spacial score (nSPS) is 11.9. The van der Waals surface area contributed by atoms with E-state index in [2.05, 4.69) is 10.3 Å². The molecule has 0 fully saturated rings. The van der Waals surface area contributed by atoms with Gasteiger partial charge in [0.15, 0.2) is 0 Å². The molecule has 13 nitrogen and oxygen atoms in total. The zero-order valence-electron chi connectivity index (χ0n) is 25.7. The number of carbonyl (C=O) groups excluding carboxylic acids is 1. The van der Waals surface area contributed by atoms with Crippen molar-refractivity contribution in [2.24, 2.45) is 4.99 Å². The summed E-state index contributed by atoms with van der Waals surface area (Å²) in [4.78, 5) is 62.3. The quantitative estimate of drug-likeness (QED) is 0.125. The highest BCUT2D eigenvalue weighted by Crippen LogP contribution is 2.36. The minimum atomic E-state index is -0.569. The number of benzene rings is 3. The lowest BCUT2D eigenvalue weighted by atomic mass is 9.90. The van der Waals surface area contributed by atoms with Crippen LogP contribution in [0.15, 0.2) is 55.8 Å². The minimum absolute atomic E-state index is 0. The molecule has 1 aromatic heterocycles. The molecule has 2 heterocycles. The maximum Gasteiger partial charge on any atom is 0.263 e. The topological polar surface area (TPSA) is 170 Å². The van der Waals surface area contributed by atoms with Crippen molar-refractivity contribution in [2.75, 3.05) is 53.1 Å². The number of hydrogen-bond acceptors (Lipinski definition) is 10. The number of nitrogens with zero attached hydrogens (tertiary/aromatic N) is 5. The van der Waals surface area contributed by atoms with Gasteiger partial charge in [0.1, 0.15) is 12.3 Å². The molecule has 0 saturated heterocycles. The van der Waals surface area contributed by atoms with E-state index in [1.807, 2.05) is 38.0 Å². The molecule has 46 heavy (non-hydrogen) atoms. The van der Waals surface area contributed by atoms with Gasteiger partial charge in [-0.2, -0.15) is 0 Å². The van der Waals surface area contributed by atoms with Gasteiger partial charge < -0.3 is 30.4 Å². The fourth-order valence-electron chi connectivity index (χ4n) is 5.34. The molecule has 246 valence electrons. The van der Waals surface area contributed by atoms with E-state index in [1.54, 1.807) is 12.1 Å². The lowest BCUT2D eigenvalue weighted by Gasteiger charge is -2.20. The first-order valence-electron chi connectivity index (χ1n) is 14.0. The summed E-state index contributed by atoms with van der Waals surface area (Å²) in [5, 5.41) is 34.0. The number of phenols is 1. The van der Waals surface area contributed by atoms with E-state index in [9.17, 15) is 34.5 Å². The molecule has 0 radical (unpaired) electrons. The molecule has 0 unspecified atom stereocenters. The van der Waals surface area contributed by atoms with Gasteiger partial charge in [-0.05, 0) is 64.6 Å². The third-order valence-electron chi connectivity index (χ3n) is 7.64. The maximum atomic E-state index is 14.0. The van der Waals surface area contributed by atoms with Crippen LogP contribution < -0.4 is 27.4 Å². The Morgan fingerprint density at radius 3 is 2.09 bits per heavy atom. The second kappa shape index (κ2) is 14.4. The summed E-state index contributed by atoms with van der Waals surface area (Å²) in [6.45, 7) is 0.325. The molecular formula is C31H36Cl2N6O7. The number of rotatable bonds is 10. The molecule has 2 aromatic carbocycles. The van der Waals surface area contributed by atoms with Crippen LogP contribution in [0.5, 0.6) is 11.6 Å². The minimum Gasteiger partial charge on any atom is -0.508 e. The van der Waals surface area contributed by atoms with Gasteiger partial charge in [0, 0.05) is 59.2 Å². The Balaban J connectivity index is 0.00000288. The number of carbonyl (C=O) groups is 1. The van der Waals surface area contributed by atoms with Crippen LogP contribution in [0.4, 0.5) is 5.69 Å². The Morgan fingerprint density at radius 1 is 0.826 bits per heavy atom. The monoisotopic (exact) mass is 674 g/mol. The third-order valence-corrected chi connectivity index (χ3v) is 7.64. The van der Waals surface area contributed by atoms with Crippen molar-refractivity contribution in [3.63, 3.8) is 0 Å². The van der Waals surface area contributed by atoms with Crippen LogP contribution in [0.25, 0.3) is 32.7 Å². The number of anilines is 1. The van der Waals surface area contributed by atoms with E-state index < -0.39 is 35.7 Å². The number of aromatic hydroxyl groups is 2. The average molecular weight is 676 g/mol. The van der Waals surface area contributed by atoms with Gasteiger partial charge in [0.05, 0.1) is 22.9 Å². The van der Waals surface area contributed by atoms with E-state index in [1.165, 1.54) is 28.8 Å².